The summed E-state index contributed by atoms with van der Waals surface area (Å²) in [6, 6.07) is 8.97. The first-order chi connectivity index (χ1) is 12.3. The van der Waals surface area contributed by atoms with Crippen molar-refractivity contribution in [3.8, 4) is 0 Å². The lowest BCUT2D eigenvalue weighted by Crippen LogP contribution is -2.48. The maximum absolute atomic E-state index is 11.8. The minimum absolute atomic E-state index is 0.265. The van der Waals surface area contributed by atoms with E-state index in [4.69, 9.17) is 23.2 Å². The number of carbonyl (C=O) groups excluding carboxylic acids is 3. The fraction of sp³-hybridized carbons (Fsp3) is 0.118. The van der Waals surface area contributed by atoms with Gasteiger partial charge in [0.1, 0.15) is 0 Å². The Labute approximate surface area is 160 Å². The van der Waals surface area contributed by atoms with Crippen molar-refractivity contribution >= 4 is 52.4 Å². The fourth-order valence-corrected chi connectivity index (χ4v) is 2.21. The first kappa shape index (κ1) is 19.6. The van der Waals surface area contributed by atoms with Crippen LogP contribution in [0.25, 0.3) is 0 Å². The third-order valence-corrected chi connectivity index (χ3v) is 4.18. The summed E-state index contributed by atoms with van der Waals surface area (Å²) < 4.78 is 0. The molecule has 0 atom stereocenters. The number of rotatable bonds is 2. The van der Waals surface area contributed by atoms with Crippen LogP contribution in [-0.2, 0) is 9.59 Å². The summed E-state index contributed by atoms with van der Waals surface area (Å²) >= 11 is 11.6. The zero-order chi connectivity index (χ0) is 19.3. The molecule has 0 aliphatic rings. The zero-order valence-corrected chi connectivity index (χ0v) is 15.5. The summed E-state index contributed by atoms with van der Waals surface area (Å²) in [5.41, 5.74) is 6.95. The first-order valence-corrected chi connectivity index (χ1v) is 8.22. The van der Waals surface area contributed by atoms with Crippen molar-refractivity contribution in [1.82, 2.24) is 10.9 Å². The van der Waals surface area contributed by atoms with E-state index in [9.17, 15) is 14.4 Å². The maximum Gasteiger partial charge on any atom is 0.337 e. The number of aryl methyl sites for hydroxylation is 2. The summed E-state index contributed by atoms with van der Waals surface area (Å²) in [5, 5.41) is 5.48. The van der Waals surface area contributed by atoms with Gasteiger partial charge in [0.05, 0.1) is 10.0 Å². The van der Waals surface area contributed by atoms with Gasteiger partial charge in [-0.3, -0.25) is 15.0 Å². The predicted molar refractivity (Wildman–Crippen MR) is 101 cm³/mol. The second kappa shape index (κ2) is 8.55. The van der Waals surface area contributed by atoms with Crippen LogP contribution in [0.5, 0.6) is 0 Å². The van der Waals surface area contributed by atoms with Gasteiger partial charge in [0, 0.05) is 11.4 Å². The highest BCUT2D eigenvalue weighted by atomic mass is 35.5. The number of nitrogens with one attached hydrogen (secondary N) is 4. The Morgan fingerprint density at radius 2 is 1.38 bits per heavy atom. The Hall–Kier alpha value is -2.77. The highest BCUT2D eigenvalue weighted by Crippen LogP contribution is 2.24. The minimum atomic E-state index is -1.02. The highest BCUT2D eigenvalue weighted by Gasteiger charge is 2.15. The second-order valence-corrected chi connectivity index (χ2v) is 6.23. The van der Waals surface area contributed by atoms with E-state index in [-0.39, 0.29) is 5.02 Å². The molecular weight excluding hydrogens is 379 g/mol. The molecule has 0 aliphatic heterocycles. The molecule has 7 nitrogen and oxygen atoms in total. The molecule has 0 spiro atoms. The van der Waals surface area contributed by atoms with Crippen molar-refractivity contribution in [3.05, 3.63) is 57.6 Å². The van der Waals surface area contributed by atoms with E-state index in [1.54, 1.807) is 12.1 Å². The molecule has 2 rings (SSSR count). The third-order valence-electron chi connectivity index (χ3n) is 3.44. The largest absolute Gasteiger partial charge is 0.337 e. The SMILES string of the molecule is Cc1ccc(NC(=O)C(=O)NNC(=O)Nc2ccc(Cl)c(Cl)c2)cc1C. The molecule has 9 heteroatoms. The normalized spacial score (nSPS) is 10.0. The molecule has 136 valence electrons. The van der Waals surface area contributed by atoms with Crippen molar-refractivity contribution in [1.29, 1.82) is 0 Å². The summed E-state index contributed by atoms with van der Waals surface area (Å²) in [4.78, 5) is 35.3. The van der Waals surface area contributed by atoms with E-state index >= 15 is 0 Å². The van der Waals surface area contributed by atoms with Gasteiger partial charge in [-0.25, -0.2) is 10.2 Å². The van der Waals surface area contributed by atoms with Crippen LogP contribution in [0.2, 0.25) is 10.0 Å². The van der Waals surface area contributed by atoms with E-state index in [1.165, 1.54) is 18.2 Å². The monoisotopic (exact) mass is 394 g/mol. The van der Waals surface area contributed by atoms with Crippen LogP contribution in [-0.4, -0.2) is 17.8 Å². The van der Waals surface area contributed by atoms with Gasteiger partial charge in [0.15, 0.2) is 0 Å². The van der Waals surface area contributed by atoms with Gasteiger partial charge in [-0.2, -0.15) is 0 Å². The van der Waals surface area contributed by atoms with Gasteiger partial charge in [-0.05, 0) is 55.3 Å². The molecule has 0 aromatic heterocycles. The molecule has 0 radical (unpaired) electrons. The topological polar surface area (TPSA) is 99.3 Å². The molecule has 0 aliphatic carbocycles. The molecule has 0 bridgehead atoms. The number of hydrazine groups is 1. The second-order valence-electron chi connectivity index (χ2n) is 5.42. The molecule has 26 heavy (non-hydrogen) atoms. The Morgan fingerprint density at radius 1 is 0.731 bits per heavy atom. The van der Waals surface area contributed by atoms with Crippen LogP contribution in [0.15, 0.2) is 36.4 Å². The summed E-state index contributed by atoms with van der Waals surface area (Å²) in [6.07, 6.45) is 0. The average Bonchev–Trinajstić information content (AvgIpc) is 2.59. The van der Waals surface area contributed by atoms with E-state index in [2.05, 4.69) is 16.1 Å². The van der Waals surface area contributed by atoms with Gasteiger partial charge in [0.2, 0.25) is 0 Å². The lowest BCUT2D eigenvalue weighted by atomic mass is 10.1. The molecule has 0 fully saturated rings. The molecule has 4 N–H and O–H groups in total. The van der Waals surface area contributed by atoms with Gasteiger partial charge in [-0.15, -0.1) is 0 Å². The van der Waals surface area contributed by atoms with E-state index < -0.39 is 17.8 Å². The number of hydrogen-bond acceptors (Lipinski definition) is 3. The number of amides is 4. The standard InChI is InChI=1S/C17H16Cl2N4O3/c1-9-3-4-11(7-10(9)2)20-15(24)16(25)22-23-17(26)21-12-5-6-13(18)14(19)8-12/h3-8H,1-2H3,(H,20,24)(H,22,25)(H2,21,23,26). The predicted octanol–water partition coefficient (Wildman–Crippen LogP) is 3.40. The summed E-state index contributed by atoms with van der Waals surface area (Å²) in [7, 11) is 0. The molecule has 0 saturated heterocycles. The minimum Gasteiger partial charge on any atom is -0.318 e. The van der Waals surface area contributed by atoms with Crippen molar-refractivity contribution < 1.29 is 14.4 Å². The van der Waals surface area contributed by atoms with Crippen molar-refractivity contribution in [2.24, 2.45) is 0 Å². The number of hydrogen-bond donors (Lipinski definition) is 4. The maximum atomic E-state index is 11.8. The number of halogens is 2. The number of carbonyl (C=O) groups is 3. The first-order valence-electron chi connectivity index (χ1n) is 7.47. The Bertz CT molecular complexity index is 871. The quantitative estimate of drug-likeness (QED) is 0.463. The number of benzene rings is 2. The van der Waals surface area contributed by atoms with E-state index in [0.29, 0.717) is 16.4 Å². The lowest BCUT2D eigenvalue weighted by molar-refractivity contribution is -0.136. The van der Waals surface area contributed by atoms with E-state index in [1.807, 2.05) is 25.3 Å². The zero-order valence-electron chi connectivity index (χ0n) is 13.9. The van der Waals surface area contributed by atoms with Crippen molar-refractivity contribution in [3.63, 3.8) is 0 Å². The Kier molecular flexibility index (Phi) is 6.43. The van der Waals surface area contributed by atoms with Gasteiger partial charge < -0.3 is 10.6 Å². The van der Waals surface area contributed by atoms with Crippen LogP contribution in [0.4, 0.5) is 16.2 Å². The average molecular weight is 395 g/mol. The van der Waals surface area contributed by atoms with Crippen molar-refractivity contribution in [2.45, 2.75) is 13.8 Å². The fourth-order valence-electron chi connectivity index (χ4n) is 1.91. The Morgan fingerprint density at radius 3 is 2.04 bits per heavy atom. The molecule has 2 aromatic carbocycles. The van der Waals surface area contributed by atoms with Crippen LogP contribution in [0.1, 0.15) is 11.1 Å². The third kappa shape index (κ3) is 5.37. The van der Waals surface area contributed by atoms with Crippen LogP contribution in [0.3, 0.4) is 0 Å². The molecule has 2 aromatic rings. The molecule has 0 unspecified atom stereocenters. The van der Waals surface area contributed by atoms with Gasteiger partial charge >= 0.3 is 17.8 Å². The van der Waals surface area contributed by atoms with Crippen LogP contribution < -0.4 is 21.5 Å². The van der Waals surface area contributed by atoms with Crippen molar-refractivity contribution in [2.75, 3.05) is 10.6 Å². The molecule has 4 amide bonds. The van der Waals surface area contributed by atoms with E-state index in [0.717, 1.165) is 11.1 Å². The number of urea groups is 1. The highest BCUT2D eigenvalue weighted by molar-refractivity contribution is 6.42. The lowest BCUT2D eigenvalue weighted by Gasteiger charge is -2.10. The summed E-state index contributed by atoms with van der Waals surface area (Å²) in [6.45, 7) is 3.82. The Balaban J connectivity index is 1.84. The van der Waals surface area contributed by atoms with Gasteiger partial charge in [-0.1, -0.05) is 29.3 Å². The van der Waals surface area contributed by atoms with Crippen LogP contribution >= 0.6 is 23.2 Å². The summed E-state index contributed by atoms with van der Waals surface area (Å²) in [5.74, 6) is -1.93. The van der Waals surface area contributed by atoms with Gasteiger partial charge in [0.25, 0.3) is 0 Å². The van der Waals surface area contributed by atoms with Crippen LogP contribution in [0, 0.1) is 13.8 Å². The smallest absolute Gasteiger partial charge is 0.318 e. The number of anilines is 2. The molecule has 0 saturated carbocycles. The molecular formula is C17H16Cl2N4O3. The molecule has 0 heterocycles.